The molecular formula is C14H15N5O2S. The molecule has 0 spiro atoms. The highest BCUT2D eigenvalue weighted by Gasteiger charge is 2.17. The molecule has 0 aliphatic carbocycles. The summed E-state index contributed by atoms with van der Waals surface area (Å²) < 4.78 is 1.62. The van der Waals surface area contributed by atoms with Gasteiger partial charge in [-0.2, -0.15) is 15.9 Å². The second-order valence-corrected chi connectivity index (χ2v) is 5.63. The van der Waals surface area contributed by atoms with Gasteiger partial charge in [-0.3, -0.25) is 0 Å². The van der Waals surface area contributed by atoms with Gasteiger partial charge in [-0.15, -0.1) is 15.3 Å². The Morgan fingerprint density at radius 3 is 2.95 bits per heavy atom. The van der Waals surface area contributed by atoms with Crippen LogP contribution in [0, 0.1) is 0 Å². The van der Waals surface area contributed by atoms with Gasteiger partial charge in [0.05, 0.1) is 0 Å². The largest absolute Gasteiger partial charge is 0.480 e. The molecule has 8 heteroatoms. The maximum absolute atomic E-state index is 11.2. The van der Waals surface area contributed by atoms with Crippen LogP contribution >= 0.6 is 11.3 Å². The Bertz CT molecular complexity index is 784. The number of nitrogens with zero attached hydrogens (tertiary/aromatic N) is 4. The van der Waals surface area contributed by atoms with Crippen LogP contribution in [0.2, 0.25) is 0 Å². The van der Waals surface area contributed by atoms with Crippen molar-refractivity contribution in [2.24, 2.45) is 0 Å². The van der Waals surface area contributed by atoms with Gasteiger partial charge in [0.2, 0.25) is 0 Å². The number of hydrogen-bond donors (Lipinski definition) is 2. The average molecular weight is 317 g/mol. The van der Waals surface area contributed by atoms with E-state index < -0.39 is 12.0 Å². The molecule has 0 aromatic carbocycles. The summed E-state index contributed by atoms with van der Waals surface area (Å²) in [4.78, 5) is 11.2. The van der Waals surface area contributed by atoms with E-state index in [0.29, 0.717) is 23.7 Å². The zero-order valence-electron chi connectivity index (χ0n) is 11.9. The van der Waals surface area contributed by atoms with E-state index in [4.69, 9.17) is 0 Å². The lowest BCUT2D eigenvalue weighted by Crippen LogP contribution is -2.29. The van der Waals surface area contributed by atoms with Crippen molar-refractivity contribution >= 4 is 28.8 Å². The Labute approximate surface area is 130 Å². The fourth-order valence-electron chi connectivity index (χ4n) is 2.16. The molecule has 0 fully saturated rings. The topological polar surface area (TPSA) is 92.4 Å². The number of aromatic nitrogens is 4. The summed E-state index contributed by atoms with van der Waals surface area (Å²) in [6.45, 7) is 1.95. The molecule has 3 aromatic rings. The van der Waals surface area contributed by atoms with E-state index in [9.17, 15) is 9.90 Å². The number of carboxylic acids is 1. The van der Waals surface area contributed by atoms with Gasteiger partial charge < -0.3 is 10.4 Å². The molecule has 0 aliphatic rings. The van der Waals surface area contributed by atoms with Crippen molar-refractivity contribution in [1.29, 1.82) is 0 Å². The smallest absolute Gasteiger partial charge is 0.326 e. The molecule has 22 heavy (non-hydrogen) atoms. The maximum atomic E-state index is 11.2. The van der Waals surface area contributed by atoms with Gasteiger partial charge in [0.1, 0.15) is 11.9 Å². The monoisotopic (exact) mass is 317 g/mol. The molecule has 0 radical (unpaired) electrons. The average Bonchev–Trinajstić information content (AvgIpc) is 3.15. The quantitative estimate of drug-likeness (QED) is 0.726. The highest BCUT2D eigenvalue weighted by Crippen LogP contribution is 2.21. The number of nitrogens with one attached hydrogen (secondary N) is 1. The van der Waals surface area contributed by atoms with Crippen molar-refractivity contribution in [3.63, 3.8) is 0 Å². The van der Waals surface area contributed by atoms with Crippen LogP contribution in [0.5, 0.6) is 0 Å². The second kappa shape index (κ2) is 6.10. The predicted octanol–water partition coefficient (Wildman–Crippen LogP) is 2.52. The third-order valence-corrected chi connectivity index (χ3v) is 3.92. The summed E-state index contributed by atoms with van der Waals surface area (Å²) in [6.07, 6.45) is 1.31. The molecule has 1 atom stereocenters. The standard InChI is InChI=1S/C14H15N5O2S/c1-2-3-10(14(20)21)15-11-4-5-12-16-17-13(19(12)18-11)9-6-7-22-8-9/h4-8,10H,2-3H2,1H3,(H,15,18)(H,20,21). The summed E-state index contributed by atoms with van der Waals surface area (Å²) in [5.41, 5.74) is 1.56. The molecule has 3 heterocycles. The summed E-state index contributed by atoms with van der Waals surface area (Å²) in [6, 6.07) is 4.77. The summed E-state index contributed by atoms with van der Waals surface area (Å²) in [5, 5.41) is 28.7. The SMILES string of the molecule is CCCC(Nc1ccc2nnc(-c3ccsc3)n2n1)C(=O)O. The molecule has 2 N–H and O–H groups in total. The van der Waals surface area contributed by atoms with Crippen LogP contribution in [-0.4, -0.2) is 36.9 Å². The predicted molar refractivity (Wildman–Crippen MR) is 84.0 cm³/mol. The van der Waals surface area contributed by atoms with Crippen molar-refractivity contribution < 1.29 is 9.90 Å². The van der Waals surface area contributed by atoms with Crippen molar-refractivity contribution in [3.8, 4) is 11.4 Å². The summed E-state index contributed by atoms with van der Waals surface area (Å²) in [5.74, 6) is 0.248. The van der Waals surface area contributed by atoms with Crippen LogP contribution in [0.3, 0.4) is 0 Å². The van der Waals surface area contributed by atoms with Gasteiger partial charge in [-0.25, -0.2) is 4.79 Å². The minimum atomic E-state index is -0.884. The first-order valence-electron chi connectivity index (χ1n) is 6.93. The Kier molecular flexibility index (Phi) is 4.01. The molecule has 0 amide bonds. The minimum absolute atomic E-state index is 0.490. The highest BCUT2D eigenvalue weighted by atomic mass is 32.1. The lowest BCUT2D eigenvalue weighted by Gasteiger charge is -2.13. The number of rotatable bonds is 6. The van der Waals surface area contributed by atoms with E-state index in [-0.39, 0.29) is 0 Å². The van der Waals surface area contributed by atoms with E-state index in [1.54, 1.807) is 28.0 Å². The fraction of sp³-hybridized carbons (Fsp3) is 0.286. The van der Waals surface area contributed by atoms with Crippen LogP contribution in [0.1, 0.15) is 19.8 Å². The van der Waals surface area contributed by atoms with Gasteiger partial charge in [0.15, 0.2) is 11.5 Å². The van der Waals surface area contributed by atoms with E-state index in [1.165, 1.54) is 0 Å². The Morgan fingerprint density at radius 1 is 1.41 bits per heavy atom. The first-order valence-corrected chi connectivity index (χ1v) is 7.87. The normalized spacial score (nSPS) is 12.4. The van der Waals surface area contributed by atoms with Gasteiger partial charge in [-0.05, 0) is 30.0 Å². The number of hydrogen-bond acceptors (Lipinski definition) is 6. The van der Waals surface area contributed by atoms with Crippen molar-refractivity contribution in [3.05, 3.63) is 29.0 Å². The summed E-state index contributed by atoms with van der Waals surface area (Å²) >= 11 is 1.57. The van der Waals surface area contributed by atoms with Gasteiger partial charge >= 0.3 is 5.97 Å². The summed E-state index contributed by atoms with van der Waals surface area (Å²) in [7, 11) is 0. The number of anilines is 1. The molecule has 1 unspecified atom stereocenters. The second-order valence-electron chi connectivity index (χ2n) is 4.85. The third kappa shape index (κ3) is 2.77. The Balaban J connectivity index is 1.95. The molecule has 3 aromatic heterocycles. The van der Waals surface area contributed by atoms with E-state index in [2.05, 4.69) is 20.6 Å². The molecule has 0 bridgehead atoms. The maximum Gasteiger partial charge on any atom is 0.326 e. The number of thiophene rings is 1. The minimum Gasteiger partial charge on any atom is -0.480 e. The van der Waals surface area contributed by atoms with Gasteiger partial charge in [0.25, 0.3) is 0 Å². The van der Waals surface area contributed by atoms with Crippen LogP contribution in [0.25, 0.3) is 17.0 Å². The Morgan fingerprint density at radius 2 is 2.27 bits per heavy atom. The number of carboxylic acid groups (broad SMARTS) is 1. The molecule has 0 saturated carbocycles. The fourth-order valence-corrected chi connectivity index (χ4v) is 2.80. The van der Waals surface area contributed by atoms with E-state index in [0.717, 1.165) is 12.0 Å². The van der Waals surface area contributed by atoms with Crippen molar-refractivity contribution in [1.82, 2.24) is 19.8 Å². The molecule has 0 aliphatic heterocycles. The molecular weight excluding hydrogens is 302 g/mol. The van der Waals surface area contributed by atoms with Crippen LogP contribution in [0.15, 0.2) is 29.0 Å². The number of carbonyl (C=O) groups is 1. The molecule has 7 nitrogen and oxygen atoms in total. The zero-order valence-corrected chi connectivity index (χ0v) is 12.7. The van der Waals surface area contributed by atoms with Crippen molar-refractivity contribution in [2.45, 2.75) is 25.8 Å². The van der Waals surface area contributed by atoms with Crippen LogP contribution in [-0.2, 0) is 4.79 Å². The molecule has 3 rings (SSSR count). The van der Waals surface area contributed by atoms with Gasteiger partial charge in [0, 0.05) is 10.9 Å². The van der Waals surface area contributed by atoms with E-state index in [1.807, 2.05) is 23.8 Å². The highest BCUT2D eigenvalue weighted by molar-refractivity contribution is 7.08. The first-order chi connectivity index (χ1) is 10.7. The van der Waals surface area contributed by atoms with Crippen LogP contribution < -0.4 is 5.32 Å². The van der Waals surface area contributed by atoms with Crippen molar-refractivity contribution in [2.75, 3.05) is 5.32 Å². The first kappa shape index (κ1) is 14.5. The van der Waals surface area contributed by atoms with Crippen LogP contribution in [0.4, 0.5) is 5.82 Å². The third-order valence-electron chi connectivity index (χ3n) is 3.24. The molecule has 0 saturated heterocycles. The lowest BCUT2D eigenvalue weighted by atomic mass is 10.2. The zero-order chi connectivity index (χ0) is 15.5. The molecule has 114 valence electrons. The number of aliphatic carboxylic acids is 1. The van der Waals surface area contributed by atoms with E-state index >= 15 is 0 Å². The number of fused-ring (bicyclic) bond motifs is 1. The van der Waals surface area contributed by atoms with Gasteiger partial charge in [-0.1, -0.05) is 13.3 Å². The Hall–Kier alpha value is -2.48. The lowest BCUT2D eigenvalue weighted by molar-refractivity contribution is -0.138.